The molecule has 3 rings (SSSR count). The first-order valence-corrected chi connectivity index (χ1v) is 6.64. The summed E-state index contributed by atoms with van der Waals surface area (Å²) in [7, 11) is 0. The maximum atomic E-state index is 12.8. The molecule has 0 atom stereocenters. The second-order valence-electron chi connectivity index (χ2n) is 4.99. The lowest BCUT2D eigenvalue weighted by Gasteiger charge is -2.04. The Morgan fingerprint density at radius 1 is 1.19 bits per heavy atom. The van der Waals surface area contributed by atoms with Crippen LogP contribution < -0.4 is 5.32 Å². The van der Waals surface area contributed by atoms with Crippen molar-refractivity contribution in [1.29, 1.82) is 0 Å². The van der Waals surface area contributed by atoms with E-state index in [2.05, 4.69) is 5.32 Å². The molecule has 0 aliphatic rings. The molecule has 0 unspecified atom stereocenters. The molecule has 106 valence electrons. The van der Waals surface area contributed by atoms with Crippen molar-refractivity contribution in [2.75, 3.05) is 5.32 Å². The van der Waals surface area contributed by atoms with Crippen LogP contribution >= 0.6 is 0 Å². The Balaban J connectivity index is 1.77. The predicted octanol–water partition coefficient (Wildman–Crippen LogP) is 4.06. The fraction of sp³-hybridized carbons (Fsp3) is 0.118. The number of benzene rings is 2. The maximum Gasteiger partial charge on any atom is 0.228 e. The minimum Gasteiger partial charge on any atom is -0.464 e. The van der Waals surface area contributed by atoms with Gasteiger partial charge in [0.25, 0.3) is 0 Å². The van der Waals surface area contributed by atoms with Crippen molar-refractivity contribution in [3.8, 4) is 0 Å². The third-order valence-corrected chi connectivity index (χ3v) is 3.29. The van der Waals surface area contributed by atoms with E-state index in [0.29, 0.717) is 5.69 Å². The summed E-state index contributed by atoms with van der Waals surface area (Å²) in [4.78, 5) is 12.0. The Hall–Kier alpha value is -2.62. The first-order valence-electron chi connectivity index (χ1n) is 6.64. The number of furan rings is 1. The van der Waals surface area contributed by atoms with Gasteiger partial charge in [0.2, 0.25) is 5.91 Å². The molecule has 2 aromatic carbocycles. The summed E-state index contributed by atoms with van der Waals surface area (Å²) in [5.41, 5.74) is 3.30. The summed E-state index contributed by atoms with van der Waals surface area (Å²) in [5.74, 6) is -0.491. The van der Waals surface area contributed by atoms with Crippen molar-refractivity contribution in [3.05, 3.63) is 65.7 Å². The van der Waals surface area contributed by atoms with Crippen molar-refractivity contribution in [3.63, 3.8) is 0 Å². The highest BCUT2D eigenvalue weighted by molar-refractivity contribution is 5.95. The third kappa shape index (κ3) is 2.94. The van der Waals surface area contributed by atoms with Crippen LogP contribution in [0.25, 0.3) is 11.0 Å². The fourth-order valence-electron chi connectivity index (χ4n) is 2.24. The average Bonchev–Trinajstić information content (AvgIpc) is 2.84. The van der Waals surface area contributed by atoms with Gasteiger partial charge in [0, 0.05) is 16.6 Å². The molecule has 0 bridgehead atoms. The van der Waals surface area contributed by atoms with Crippen molar-refractivity contribution in [2.24, 2.45) is 0 Å². The summed E-state index contributed by atoms with van der Waals surface area (Å²) in [6, 6.07) is 11.5. The largest absolute Gasteiger partial charge is 0.464 e. The monoisotopic (exact) mass is 283 g/mol. The van der Waals surface area contributed by atoms with Gasteiger partial charge in [-0.25, -0.2) is 4.39 Å². The van der Waals surface area contributed by atoms with E-state index in [9.17, 15) is 9.18 Å². The molecule has 0 fully saturated rings. The Morgan fingerprint density at radius 3 is 2.71 bits per heavy atom. The standard InChI is InChI=1S/C17H14FNO2/c1-11-2-7-16-15(8-11)12(10-21-16)9-17(20)19-14-5-3-13(18)4-6-14/h2-8,10H,9H2,1H3,(H,19,20). The molecule has 21 heavy (non-hydrogen) atoms. The minimum atomic E-state index is -0.329. The molecule has 0 saturated carbocycles. The average molecular weight is 283 g/mol. The van der Waals surface area contributed by atoms with Gasteiger partial charge < -0.3 is 9.73 Å². The first kappa shape index (κ1) is 13.4. The number of carbonyl (C=O) groups excluding carboxylic acids is 1. The van der Waals surface area contributed by atoms with Gasteiger partial charge in [-0.05, 0) is 43.3 Å². The molecule has 0 saturated heterocycles. The SMILES string of the molecule is Cc1ccc2occ(CC(=O)Nc3ccc(F)cc3)c2c1. The normalized spacial score (nSPS) is 10.8. The van der Waals surface area contributed by atoms with Gasteiger partial charge in [-0.1, -0.05) is 11.6 Å². The van der Waals surface area contributed by atoms with Crippen LogP contribution in [-0.2, 0) is 11.2 Å². The number of hydrogen-bond donors (Lipinski definition) is 1. The lowest BCUT2D eigenvalue weighted by Crippen LogP contribution is -2.14. The molecular formula is C17H14FNO2. The molecule has 3 aromatic rings. The zero-order chi connectivity index (χ0) is 14.8. The molecule has 1 amide bonds. The quantitative estimate of drug-likeness (QED) is 0.787. The Kier molecular flexibility index (Phi) is 3.44. The van der Waals surface area contributed by atoms with Crippen LogP contribution in [0.2, 0.25) is 0 Å². The van der Waals surface area contributed by atoms with Crippen LogP contribution in [0.5, 0.6) is 0 Å². The zero-order valence-electron chi connectivity index (χ0n) is 11.5. The molecule has 1 N–H and O–H groups in total. The van der Waals surface area contributed by atoms with E-state index in [-0.39, 0.29) is 18.1 Å². The lowest BCUT2D eigenvalue weighted by atomic mass is 10.1. The van der Waals surface area contributed by atoms with Gasteiger partial charge in [0.15, 0.2) is 0 Å². The van der Waals surface area contributed by atoms with E-state index >= 15 is 0 Å². The maximum absolute atomic E-state index is 12.8. The van der Waals surface area contributed by atoms with Crippen molar-refractivity contribution < 1.29 is 13.6 Å². The molecule has 0 aliphatic carbocycles. The molecule has 1 heterocycles. The molecule has 4 heteroatoms. The van der Waals surface area contributed by atoms with E-state index in [4.69, 9.17) is 4.42 Å². The van der Waals surface area contributed by atoms with E-state index in [1.165, 1.54) is 24.3 Å². The van der Waals surface area contributed by atoms with Crippen molar-refractivity contribution in [2.45, 2.75) is 13.3 Å². The fourth-order valence-corrected chi connectivity index (χ4v) is 2.24. The minimum absolute atomic E-state index is 0.161. The number of rotatable bonds is 3. The van der Waals surface area contributed by atoms with E-state index < -0.39 is 0 Å². The topological polar surface area (TPSA) is 42.2 Å². The molecule has 1 aromatic heterocycles. The van der Waals surface area contributed by atoms with E-state index in [1.54, 1.807) is 6.26 Å². The van der Waals surface area contributed by atoms with Gasteiger partial charge in [-0.3, -0.25) is 4.79 Å². The molecule has 0 radical (unpaired) electrons. The number of nitrogens with one attached hydrogen (secondary N) is 1. The molecule has 0 spiro atoms. The van der Waals surface area contributed by atoms with Gasteiger partial charge in [-0.15, -0.1) is 0 Å². The summed E-state index contributed by atoms with van der Waals surface area (Å²) >= 11 is 0. The number of fused-ring (bicyclic) bond motifs is 1. The summed E-state index contributed by atoms with van der Waals surface area (Å²) < 4.78 is 18.3. The number of anilines is 1. The number of hydrogen-bond acceptors (Lipinski definition) is 2. The second-order valence-corrected chi connectivity index (χ2v) is 4.99. The van der Waals surface area contributed by atoms with E-state index in [0.717, 1.165) is 22.1 Å². The second kappa shape index (κ2) is 5.40. The van der Waals surface area contributed by atoms with Crippen LogP contribution in [0.1, 0.15) is 11.1 Å². The zero-order valence-corrected chi connectivity index (χ0v) is 11.5. The highest BCUT2D eigenvalue weighted by atomic mass is 19.1. The van der Waals surface area contributed by atoms with E-state index in [1.807, 2.05) is 25.1 Å². The highest BCUT2D eigenvalue weighted by Crippen LogP contribution is 2.23. The lowest BCUT2D eigenvalue weighted by molar-refractivity contribution is -0.115. The van der Waals surface area contributed by atoms with Crippen LogP contribution in [0.4, 0.5) is 10.1 Å². The Bertz CT molecular complexity index is 790. The molecule has 0 aliphatic heterocycles. The van der Waals surface area contributed by atoms with Crippen molar-refractivity contribution in [1.82, 2.24) is 0 Å². The number of amides is 1. The van der Waals surface area contributed by atoms with Crippen LogP contribution in [-0.4, -0.2) is 5.91 Å². The molecule has 3 nitrogen and oxygen atoms in total. The Morgan fingerprint density at radius 2 is 1.95 bits per heavy atom. The summed E-state index contributed by atoms with van der Waals surface area (Å²) in [5, 5.41) is 3.69. The predicted molar refractivity (Wildman–Crippen MR) is 79.7 cm³/mol. The highest BCUT2D eigenvalue weighted by Gasteiger charge is 2.11. The number of carbonyl (C=O) groups is 1. The van der Waals surface area contributed by atoms with Gasteiger partial charge in [0.1, 0.15) is 11.4 Å². The third-order valence-electron chi connectivity index (χ3n) is 3.29. The smallest absolute Gasteiger partial charge is 0.228 e. The van der Waals surface area contributed by atoms with Crippen molar-refractivity contribution >= 4 is 22.6 Å². The molecular weight excluding hydrogens is 269 g/mol. The number of halogens is 1. The first-order chi connectivity index (χ1) is 10.1. The van der Waals surface area contributed by atoms with Crippen LogP contribution in [0.3, 0.4) is 0 Å². The van der Waals surface area contributed by atoms with Gasteiger partial charge >= 0.3 is 0 Å². The summed E-state index contributed by atoms with van der Waals surface area (Å²) in [6.45, 7) is 1.99. The number of aryl methyl sites for hydroxylation is 1. The summed E-state index contributed by atoms with van der Waals surface area (Å²) in [6.07, 6.45) is 1.82. The van der Waals surface area contributed by atoms with Crippen LogP contribution in [0.15, 0.2) is 53.1 Å². The van der Waals surface area contributed by atoms with Gasteiger partial charge in [-0.2, -0.15) is 0 Å². The Labute approximate surface area is 121 Å². The van der Waals surface area contributed by atoms with Crippen LogP contribution in [0, 0.1) is 12.7 Å². The van der Waals surface area contributed by atoms with Gasteiger partial charge in [0.05, 0.1) is 12.7 Å².